The third-order valence-electron chi connectivity index (χ3n) is 4.28. The zero-order valence-electron chi connectivity index (χ0n) is 15.6. The molecule has 0 unspecified atom stereocenters. The average molecular weight is 410 g/mol. The van der Waals surface area contributed by atoms with Crippen LogP contribution in [0.15, 0.2) is 64.9 Å². The second-order valence-corrected chi connectivity index (χ2v) is 7.40. The highest BCUT2D eigenvalue weighted by Gasteiger charge is 2.30. The van der Waals surface area contributed by atoms with E-state index in [2.05, 4.69) is 15.3 Å². The minimum absolute atomic E-state index is 0.0547. The highest BCUT2D eigenvalue weighted by molar-refractivity contribution is 8.00. The van der Waals surface area contributed by atoms with E-state index in [9.17, 15) is 9.90 Å². The van der Waals surface area contributed by atoms with Crippen LogP contribution in [-0.2, 0) is 11.4 Å². The Morgan fingerprint density at radius 3 is 2.69 bits per heavy atom. The van der Waals surface area contributed by atoms with E-state index in [0.29, 0.717) is 28.2 Å². The van der Waals surface area contributed by atoms with Crippen molar-refractivity contribution >= 4 is 23.4 Å². The fourth-order valence-corrected chi connectivity index (χ4v) is 4.01. The van der Waals surface area contributed by atoms with Crippen LogP contribution in [0, 0.1) is 0 Å². The minimum Gasteiger partial charge on any atom is -0.497 e. The van der Waals surface area contributed by atoms with E-state index in [0.717, 1.165) is 5.56 Å². The fraction of sp³-hybridized carbons (Fsp3) is 0.200. The maximum absolute atomic E-state index is 11.3. The molecule has 1 aliphatic rings. The highest BCUT2D eigenvalue weighted by Crippen LogP contribution is 2.32. The van der Waals surface area contributed by atoms with Gasteiger partial charge in [-0.1, -0.05) is 48.2 Å². The highest BCUT2D eigenvalue weighted by atomic mass is 32.2. The molecule has 8 nitrogen and oxygen atoms in total. The van der Waals surface area contributed by atoms with Crippen LogP contribution < -0.4 is 9.47 Å². The minimum atomic E-state index is -0.888. The molecule has 2 heterocycles. The smallest absolute Gasteiger partial charge is 0.304 e. The molecule has 9 heteroatoms. The van der Waals surface area contributed by atoms with E-state index < -0.39 is 5.97 Å². The summed E-state index contributed by atoms with van der Waals surface area (Å²) in [4.78, 5) is 11.3. The van der Waals surface area contributed by atoms with E-state index in [1.165, 1.54) is 11.8 Å². The molecule has 4 rings (SSSR count). The largest absolute Gasteiger partial charge is 0.497 e. The SMILES string of the molecule is COc1cccc(OCc2nnc3n2N=C(c2ccccc2)[C@H](CC(=O)O)S3)c1. The lowest BCUT2D eigenvalue weighted by Gasteiger charge is -2.22. The lowest BCUT2D eigenvalue weighted by Crippen LogP contribution is -2.27. The standard InChI is InChI=1S/C20H18N4O4S/c1-27-14-8-5-9-15(10-14)28-12-17-21-22-20-24(17)23-19(13-6-3-2-4-7-13)16(29-20)11-18(25)26/h2-10,16H,11-12H2,1H3,(H,25,26)/t16-/m0/s1. The van der Waals surface area contributed by atoms with E-state index in [1.54, 1.807) is 17.9 Å². The number of hydrogen-bond acceptors (Lipinski definition) is 7. The van der Waals surface area contributed by atoms with Crippen LogP contribution in [0.4, 0.5) is 0 Å². The van der Waals surface area contributed by atoms with Gasteiger partial charge in [-0.2, -0.15) is 9.78 Å². The monoisotopic (exact) mass is 410 g/mol. The number of rotatable bonds is 7. The van der Waals surface area contributed by atoms with Crippen molar-refractivity contribution in [1.82, 2.24) is 14.9 Å². The van der Waals surface area contributed by atoms with Crippen molar-refractivity contribution in [2.45, 2.75) is 23.4 Å². The van der Waals surface area contributed by atoms with Crippen LogP contribution in [0.5, 0.6) is 11.5 Å². The van der Waals surface area contributed by atoms with Crippen LogP contribution in [0.1, 0.15) is 17.8 Å². The Labute approximate surface area is 171 Å². The molecule has 3 aromatic rings. The van der Waals surface area contributed by atoms with Gasteiger partial charge >= 0.3 is 5.97 Å². The Bertz CT molecular complexity index is 1050. The van der Waals surface area contributed by atoms with E-state index in [4.69, 9.17) is 9.47 Å². The molecule has 0 amide bonds. The molecule has 0 saturated heterocycles. The predicted molar refractivity (Wildman–Crippen MR) is 108 cm³/mol. The van der Waals surface area contributed by atoms with Gasteiger partial charge in [0, 0.05) is 6.07 Å². The number of carbonyl (C=O) groups is 1. The van der Waals surface area contributed by atoms with Crippen molar-refractivity contribution in [2.75, 3.05) is 7.11 Å². The van der Waals surface area contributed by atoms with E-state index >= 15 is 0 Å². The van der Waals surface area contributed by atoms with Crippen molar-refractivity contribution in [3.8, 4) is 11.5 Å². The molecule has 29 heavy (non-hydrogen) atoms. The number of ether oxygens (including phenoxy) is 2. The van der Waals surface area contributed by atoms with Crippen LogP contribution in [0.3, 0.4) is 0 Å². The number of carboxylic acids is 1. The number of aromatic nitrogens is 3. The number of aliphatic carboxylic acids is 1. The molecule has 2 aromatic carbocycles. The fourth-order valence-electron chi connectivity index (χ4n) is 2.90. The first-order valence-corrected chi connectivity index (χ1v) is 9.76. The number of thioether (sulfide) groups is 1. The van der Waals surface area contributed by atoms with Crippen molar-refractivity contribution < 1.29 is 19.4 Å². The number of benzene rings is 2. The van der Waals surface area contributed by atoms with Crippen molar-refractivity contribution in [2.24, 2.45) is 5.10 Å². The summed E-state index contributed by atoms with van der Waals surface area (Å²) >= 11 is 1.34. The number of carboxylic acid groups (broad SMARTS) is 1. The number of hydrogen-bond donors (Lipinski definition) is 1. The first-order chi connectivity index (χ1) is 14.1. The van der Waals surface area contributed by atoms with Crippen LogP contribution in [0.2, 0.25) is 0 Å². The van der Waals surface area contributed by atoms with Crippen molar-refractivity contribution in [3.05, 3.63) is 66.0 Å². The number of methoxy groups -OCH3 is 1. The summed E-state index contributed by atoms with van der Waals surface area (Å²) in [6.45, 7) is 0.163. The zero-order chi connectivity index (χ0) is 20.2. The molecule has 0 spiro atoms. The van der Waals surface area contributed by atoms with E-state index in [-0.39, 0.29) is 18.3 Å². The summed E-state index contributed by atoms with van der Waals surface area (Å²) in [6.07, 6.45) is -0.0547. The average Bonchev–Trinajstić information content (AvgIpc) is 3.14. The Morgan fingerprint density at radius 2 is 1.93 bits per heavy atom. The van der Waals surface area contributed by atoms with Gasteiger partial charge in [-0.05, 0) is 17.7 Å². The molecule has 1 atom stereocenters. The van der Waals surface area contributed by atoms with Gasteiger partial charge in [0.2, 0.25) is 5.16 Å². The molecule has 0 aliphatic carbocycles. The van der Waals surface area contributed by atoms with Gasteiger partial charge < -0.3 is 14.6 Å². The zero-order valence-corrected chi connectivity index (χ0v) is 16.4. The quantitative estimate of drug-likeness (QED) is 0.639. The maximum Gasteiger partial charge on any atom is 0.304 e. The molecule has 148 valence electrons. The van der Waals surface area contributed by atoms with E-state index in [1.807, 2.05) is 48.5 Å². The van der Waals surface area contributed by atoms with Crippen LogP contribution in [-0.4, -0.2) is 44.0 Å². The van der Waals surface area contributed by atoms with Gasteiger partial charge in [0.15, 0.2) is 5.82 Å². The van der Waals surface area contributed by atoms with Crippen molar-refractivity contribution in [3.63, 3.8) is 0 Å². The molecule has 1 N–H and O–H groups in total. The molecule has 1 aliphatic heterocycles. The summed E-state index contributed by atoms with van der Waals surface area (Å²) in [6, 6.07) is 16.8. The molecule has 0 fully saturated rings. The van der Waals surface area contributed by atoms with Crippen LogP contribution >= 0.6 is 11.8 Å². The normalized spacial score (nSPS) is 15.3. The topological polar surface area (TPSA) is 98.8 Å². The molecular formula is C20H18N4O4S. The third kappa shape index (κ3) is 4.24. The second kappa shape index (κ2) is 8.36. The van der Waals surface area contributed by atoms with Gasteiger partial charge in [0.05, 0.1) is 24.5 Å². The van der Waals surface area contributed by atoms with Gasteiger partial charge in [-0.3, -0.25) is 4.79 Å². The first kappa shape index (κ1) is 19.0. The Kier molecular flexibility index (Phi) is 5.48. The Hall–Kier alpha value is -3.33. The van der Waals surface area contributed by atoms with Crippen molar-refractivity contribution in [1.29, 1.82) is 0 Å². The third-order valence-corrected chi connectivity index (χ3v) is 5.42. The molecule has 0 saturated carbocycles. The maximum atomic E-state index is 11.3. The summed E-state index contributed by atoms with van der Waals surface area (Å²) in [5, 5.41) is 22.5. The summed E-state index contributed by atoms with van der Waals surface area (Å²) in [5.41, 5.74) is 1.54. The summed E-state index contributed by atoms with van der Waals surface area (Å²) < 4.78 is 12.6. The first-order valence-electron chi connectivity index (χ1n) is 8.88. The van der Waals surface area contributed by atoms with Gasteiger partial charge in [-0.15, -0.1) is 10.2 Å². The second-order valence-electron chi connectivity index (χ2n) is 6.23. The molecule has 0 radical (unpaired) electrons. The van der Waals surface area contributed by atoms with Gasteiger partial charge in [0.25, 0.3) is 0 Å². The Morgan fingerprint density at radius 1 is 1.14 bits per heavy atom. The lowest BCUT2D eigenvalue weighted by atomic mass is 10.1. The molecular weight excluding hydrogens is 392 g/mol. The summed E-state index contributed by atoms with van der Waals surface area (Å²) in [5.74, 6) is 0.974. The number of fused-ring (bicyclic) bond motifs is 1. The van der Waals surface area contributed by atoms with Gasteiger partial charge in [-0.25, -0.2) is 0 Å². The Balaban J connectivity index is 1.62. The lowest BCUT2D eigenvalue weighted by molar-refractivity contribution is -0.136. The van der Waals surface area contributed by atoms with Crippen LogP contribution in [0.25, 0.3) is 0 Å². The summed E-state index contributed by atoms with van der Waals surface area (Å²) in [7, 11) is 1.60. The number of nitrogens with zero attached hydrogens (tertiary/aromatic N) is 4. The molecule has 1 aromatic heterocycles. The van der Waals surface area contributed by atoms with Gasteiger partial charge in [0.1, 0.15) is 18.1 Å². The molecule has 0 bridgehead atoms. The predicted octanol–water partition coefficient (Wildman–Crippen LogP) is 3.07.